The first kappa shape index (κ1) is 15.6. The van der Waals surface area contributed by atoms with Gasteiger partial charge in [0.1, 0.15) is 5.75 Å². The lowest BCUT2D eigenvalue weighted by Crippen LogP contribution is -2.48. The molecule has 1 saturated heterocycles. The van der Waals surface area contributed by atoms with Gasteiger partial charge in [-0.25, -0.2) is 0 Å². The van der Waals surface area contributed by atoms with Crippen molar-refractivity contribution in [3.05, 3.63) is 28.3 Å². The van der Waals surface area contributed by atoms with Crippen LogP contribution in [0.1, 0.15) is 37.9 Å². The first-order valence-corrected chi connectivity index (χ1v) is 7.62. The molecule has 1 aliphatic rings. The maximum atomic E-state index is 10.5. The molecule has 0 aliphatic carbocycles. The molecule has 112 valence electrons. The van der Waals surface area contributed by atoms with Crippen LogP contribution in [0.25, 0.3) is 0 Å². The third-order valence-electron chi connectivity index (χ3n) is 3.93. The molecule has 1 heterocycles. The van der Waals surface area contributed by atoms with Crippen molar-refractivity contribution in [1.29, 1.82) is 0 Å². The summed E-state index contributed by atoms with van der Waals surface area (Å²) in [6.45, 7) is 12.5. The molecule has 1 atom stereocenters. The monoisotopic (exact) mass is 296 g/mol. The number of aromatic hydroxyl groups is 1. The highest BCUT2D eigenvalue weighted by atomic mass is 35.5. The third kappa shape index (κ3) is 3.27. The highest BCUT2D eigenvalue weighted by molar-refractivity contribution is 6.30. The fraction of sp³-hybridized carbons (Fsp3) is 0.625. The Morgan fingerprint density at radius 1 is 1.25 bits per heavy atom. The summed E-state index contributed by atoms with van der Waals surface area (Å²) in [4.78, 5) is 2.45. The molecule has 0 radical (unpaired) electrons. The molecule has 0 bridgehead atoms. The molecular weight excluding hydrogens is 272 g/mol. The van der Waals surface area contributed by atoms with Crippen LogP contribution in [0.4, 0.5) is 0 Å². The summed E-state index contributed by atoms with van der Waals surface area (Å²) in [6.07, 6.45) is 0. The molecule has 2 rings (SSSR count). The standard InChI is InChI=1S/C16H25ClN2O/c1-11-9-12(17)10-13(14(11)20)15(16(2,3)4)19-7-5-18-6-8-19/h9-10,15,18,20H,5-8H2,1-4H3/t15-/m1/s1. The molecule has 2 N–H and O–H groups in total. The molecule has 1 aromatic carbocycles. The fourth-order valence-electron chi connectivity index (χ4n) is 3.12. The lowest BCUT2D eigenvalue weighted by Gasteiger charge is -2.43. The number of rotatable bonds is 2. The van der Waals surface area contributed by atoms with E-state index >= 15 is 0 Å². The number of piperazine rings is 1. The number of aryl methyl sites for hydroxylation is 1. The van der Waals surface area contributed by atoms with E-state index in [1.54, 1.807) is 0 Å². The molecule has 1 aromatic rings. The zero-order valence-corrected chi connectivity index (χ0v) is 13.6. The third-order valence-corrected chi connectivity index (χ3v) is 4.14. The van der Waals surface area contributed by atoms with Gasteiger partial charge < -0.3 is 10.4 Å². The van der Waals surface area contributed by atoms with Crippen LogP contribution in [-0.4, -0.2) is 36.2 Å². The topological polar surface area (TPSA) is 35.5 Å². The normalized spacial score (nSPS) is 19.1. The van der Waals surface area contributed by atoms with Gasteiger partial charge in [0.25, 0.3) is 0 Å². The average molecular weight is 297 g/mol. The van der Waals surface area contributed by atoms with Crippen molar-refractivity contribution in [2.24, 2.45) is 5.41 Å². The lowest BCUT2D eigenvalue weighted by atomic mass is 9.80. The van der Waals surface area contributed by atoms with Crippen molar-refractivity contribution in [1.82, 2.24) is 10.2 Å². The van der Waals surface area contributed by atoms with Gasteiger partial charge in [0, 0.05) is 42.8 Å². The van der Waals surface area contributed by atoms with Crippen LogP contribution >= 0.6 is 11.6 Å². The summed E-state index contributed by atoms with van der Waals surface area (Å²) in [5.41, 5.74) is 1.83. The van der Waals surface area contributed by atoms with E-state index < -0.39 is 0 Å². The minimum Gasteiger partial charge on any atom is -0.507 e. The maximum absolute atomic E-state index is 10.5. The average Bonchev–Trinajstić information content (AvgIpc) is 2.35. The van der Waals surface area contributed by atoms with E-state index in [1.807, 2.05) is 19.1 Å². The molecule has 0 saturated carbocycles. The second-order valence-electron chi connectivity index (χ2n) is 6.72. The summed E-state index contributed by atoms with van der Waals surface area (Å²) in [5, 5.41) is 14.6. The van der Waals surface area contributed by atoms with E-state index in [9.17, 15) is 5.11 Å². The van der Waals surface area contributed by atoms with Crippen molar-refractivity contribution < 1.29 is 5.11 Å². The summed E-state index contributed by atoms with van der Waals surface area (Å²) >= 11 is 6.21. The molecule has 0 aromatic heterocycles. The second-order valence-corrected chi connectivity index (χ2v) is 7.15. The van der Waals surface area contributed by atoms with E-state index in [4.69, 9.17) is 11.6 Å². The van der Waals surface area contributed by atoms with Crippen molar-refractivity contribution in [2.45, 2.75) is 33.7 Å². The number of benzene rings is 1. The van der Waals surface area contributed by atoms with E-state index in [0.717, 1.165) is 37.3 Å². The van der Waals surface area contributed by atoms with Gasteiger partial charge in [0.15, 0.2) is 0 Å². The van der Waals surface area contributed by atoms with Crippen LogP contribution in [-0.2, 0) is 0 Å². The highest BCUT2D eigenvalue weighted by Crippen LogP contribution is 2.43. The number of hydrogen-bond acceptors (Lipinski definition) is 3. The van der Waals surface area contributed by atoms with Crippen molar-refractivity contribution >= 4 is 11.6 Å². The molecular formula is C16H25ClN2O. The van der Waals surface area contributed by atoms with Crippen LogP contribution in [0, 0.1) is 12.3 Å². The van der Waals surface area contributed by atoms with Gasteiger partial charge in [-0.3, -0.25) is 4.90 Å². The number of halogens is 1. The minimum atomic E-state index is 0.0337. The number of hydrogen-bond donors (Lipinski definition) is 2. The van der Waals surface area contributed by atoms with Crippen molar-refractivity contribution in [2.75, 3.05) is 26.2 Å². The molecule has 1 aliphatic heterocycles. The lowest BCUT2D eigenvalue weighted by molar-refractivity contribution is 0.0842. The van der Waals surface area contributed by atoms with Crippen LogP contribution in [0.5, 0.6) is 5.75 Å². The zero-order valence-electron chi connectivity index (χ0n) is 12.8. The molecule has 3 nitrogen and oxygen atoms in total. The van der Waals surface area contributed by atoms with Crippen molar-refractivity contribution in [3.63, 3.8) is 0 Å². The van der Waals surface area contributed by atoms with Crippen LogP contribution < -0.4 is 5.32 Å². The second kappa shape index (κ2) is 5.92. The van der Waals surface area contributed by atoms with E-state index in [0.29, 0.717) is 10.8 Å². The van der Waals surface area contributed by atoms with Gasteiger partial charge in [0.05, 0.1) is 0 Å². The number of phenolic OH excluding ortho intramolecular Hbond substituents is 1. The molecule has 0 unspecified atom stereocenters. The molecule has 0 spiro atoms. The Hall–Kier alpha value is -0.770. The van der Waals surface area contributed by atoms with Gasteiger partial charge in [-0.05, 0) is 30.0 Å². The minimum absolute atomic E-state index is 0.0337. The van der Waals surface area contributed by atoms with Crippen LogP contribution in [0.15, 0.2) is 12.1 Å². The Balaban J connectivity index is 2.46. The van der Waals surface area contributed by atoms with Gasteiger partial charge in [0.2, 0.25) is 0 Å². The first-order valence-electron chi connectivity index (χ1n) is 7.24. The Kier molecular flexibility index (Phi) is 4.62. The SMILES string of the molecule is Cc1cc(Cl)cc([C@@H](N2CCNCC2)C(C)(C)C)c1O. The van der Waals surface area contributed by atoms with E-state index in [2.05, 4.69) is 31.0 Å². The summed E-state index contributed by atoms with van der Waals surface area (Å²) in [6, 6.07) is 3.90. The van der Waals surface area contributed by atoms with Crippen molar-refractivity contribution in [3.8, 4) is 5.75 Å². The zero-order chi connectivity index (χ0) is 14.9. The predicted octanol–water partition coefficient (Wildman–Crippen LogP) is 3.35. The van der Waals surface area contributed by atoms with Crippen LogP contribution in [0.2, 0.25) is 5.02 Å². The van der Waals surface area contributed by atoms with Gasteiger partial charge in [-0.15, -0.1) is 0 Å². The Morgan fingerprint density at radius 2 is 1.85 bits per heavy atom. The Morgan fingerprint density at radius 3 is 2.40 bits per heavy atom. The smallest absolute Gasteiger partial charge is 0.123 e. The first-order chi connectivity index (χ1) is 9.30. The summed E-state index contributed by atoms with van der Waals surface area (Å²) in [7, 11) is 0. The maximum Gasteiger partial charge on any atom is 0.123 e. The number of nitrogens with one attached hydrogen (secondary N) is 1. The molecule has 20 heavy (non-hydrogen) atoms. The molecule has 1 fully saturated rings. The van der Waals surface area contributed by atoms with E-state index in [1.165, 1.54) is 0 Å². The van der Waals surface area contributed by atoms with Crippen LogP contribution in [0.3, 0.4) is 0 Å². The van der Waals surface area contributed by atoms with Gasteiger partial charge in [-0.1, -0.05) is 32.4 Å². The number of phenols is 1. The molecule has 4 heteroatoms. The summed E-state index contributed by atoms with van der Waals surface area (Å²) in [5.74, 6) is 0.382. The van der Waals surface area contributed by atoms with Gasteiger partial charge in [-0.2, -0.15) is 0 Å². The quantitative estimate of drug-likeness (QED) is 0.878. The Bertz CT molecular complexity index is 476. The Labute approximate surface area is 126 Å². The molecule has 0 amide bonds. The summed E-state index contributed by atoms with van der Waals surface area (Å²) < 4.78 is 0. The highest BCUT2D eigenvalue weighted by Gasteiger charge is 2.34. The van der Waals surface area contributed by atoms with Gasteiger partial charge >= 0.3 is 0 Å². The van der Waals surface area contributed by atoms with E-state index in [-0.39, 0.29) is 11.5 Å². The predicted molar refractivity (Wildman–Crippen MR) is 84.5 cm³/mol. The fourth-order valence-corrected chi connectivity index (χ4v) is 3.40. The largest absolute Gasteiger partial charge is 0.507 e. The number of nitrogens with zero attached hydrogens (tertiary/aromatic N) is 1.